The first-order chi connectivity index (χ1) is 12.1. The van der Waals surface area contributed by atoms with E-state index in [-0.39, 0.29) is 19.1 Å². The summed E-state index contributed by atoms with van der Waals surface area (Å²) < 4.78 is 5.10. The Bertz CT molecular complexity index is 665. The predicted molar refractivity (Wildman–Crippen MR) is 99.8 cm³/mol. The van der Waals surface area contributed by atoms with Crippen molar-refractivity contribution in [3.63, 3.8) is 0 Å². The van der Waals surface area contributed by atoms with Gasteiger partial charge >= 0.3 is 5.97 Å². The molecular weight excluding hydrogens is 338 g/mol. The van der Waals surface area contributed by atoms with Gasteiger partial charge in [0.2, 0.25) is 5.91 Å². The maximum Gasteiger partial charge on any atom is 0.325 e. The van der Waals surface area contributed by atoms with E-state index in [9.17, 15) is 9.59 Å². The average molecular weight is 360 g/mol. The lowest BCUT2D eigenvalue weighted by atomic mass is 10.2. The first-order valence-electron chi connectivity index (χ1n) is 7.99. The number of ether oxygens (including phenoxy) is 1. The van der Waals surface area contributed by atoms with Crippen molar-refractivity contribution in [2.75, 3.05) is 12.3 Å². The molecular formula is C19H22N2O3S. The first kappa shape index (κ1) is 19.0. The molecule has 2 rings (SSSR count). The van der Waals surface area contributed by atoms with E-state index >= 15 is 0 Å². The Labute approximate surface area is 151 Å². The zero-order valence-corrected chi connectivity index (χ0v) is 14.7. The topological polar surface area (TPSA) is 81.4 Å². The van der Waals surface area contributed by atoms with Gasteiger partial charge < -0.3 is 15.8 Å². The van der Waals surface area contributed by atoms with Crippen LogP contribution in [0.2, 0.25) is 0 Å². The van der Waals surface area contributed by atoms with E-state index in [0.29, 0.717) is 5.75 Å². The average Bonchev–Trinajstić information content (AvgIpc) is 2.66. The molecule has 0 saturated heterocycles. The summed E-state index contributed by atoms with van der Waals surface area (Å²) in [6, 6.07) is 18.7. The van der Waals surface area contributed by atoms with Crippen LogP contribution in [0.1, 0.15) is 11.1 Å². The van der Waals surface area contributed by atoms with Crippen molar-refractivity contribution < 1.29 is 14.3 Å². The monoisotopic (exact) mass is 360 g/mol. The second-order valence-electron chi connectivity index (χ2n) is 5.47. The molecule has 0 aliphatic heterocycles. The van der Waals surface area contributed by atoms with Gasteiger partial charge in [0.15, 0.2) is 0 Å². The first-order valence-corrected chi connectivity index (χ1v) is 9.15. The smallest absolute Gasteiger partial charge is 0.325 e. The van der Waals surface area contributed by atoms with Crippen LogP contribution in [0.15, 0.2) is 60.7 Å². The van der Waals surface area contributed by atoms with Gasteiger partial charge in [0, 0.05) is 11.5 Å². The normalized spacial score (nSPS) is 11.6. The van der Waals surface area contributed by atoms with Crippen LogP contribution < -0.4 is 11.1 Å². The van der Waals surface area contributed by atoms with Gasteiger partial charge in [-0.2, -0.15) is 11.8 Å². The molecule has 0 radical (unpaired) electrons. The third-order valence-electron chi connectivity index (χ3n) is 3.40. The molecule has 0 bridgehead atoms. The van der Waals surface area contributed by atoms with Crippen LogP contribution in [-0.2, 0) is 26.7 Å². The molecule has 2 aromatic rings. The predicted octanol–water partition coefficient (Wildman–Crippen LogP) is 2.11. The number of carbonyl (C=O) groups is 2. The molecule has 2 aromatic carbocycles. The van der Waals surface area contributed by atoms with Crippen molar-refractivity contribution in [3.8, 4) is 0 Å². The van der Waals surface area contributed by atoms with Crippen LogP contribution >= 0.6 is 11.8 Å². The highest BCUT2D eigenvalue weighted by atomic mass is 32.2. The van der Waals surface area contributed by atoms with Crippen molar-refractivity contribution in [2.45, 2.75) is 18.4 Å². The van der Waals surface area contributed by atoms with Gasteiger partial charge in [-0.3, -0.25) is 9.59 Å². The standard InChI is InChI=1S/C19H22N2O3S/c20-17(14-25-13-16-9-5-2-6-10-16)19(23)21-11-18(22)24-12-15-7-3-1-4-8-15/h1-10,17H,11-14,20H2,(H,21,23)/t17-/m0/s1/i11+1,18+1. The number of amides is 1. The Morgan fingerprint density at radius 3 is 2.24 bits per heavy atom. The quantitative estimate of drug-likeness (QED) is 0.529. The van der Waals surface area contributed by atoms with Crippen molar-refractivity contribution in [1.29, 1.82) is 0 Å². The molecule has 0 spiro atoms. The molecule has 0 aliphatic carbocycles. The molecule has 0 fully saturated rings. The Kier molecular flexibility index (Phi) is 8.01. The highest BCUT2D eigenvalue weighted by Crippen LogP contribution is 2.12. The fourth-order valence-electron chi connectivity index (χ4n) is 2.03. The summed E-state index contributed by atoms with van der Waals surface area (Å²) in [5.74, 6) is 0.444. The molecule has 0 saturated carbocycles. The molecule has 1 amide bonds. The molecule has 6 heteroatoms. The van der Waals surface area contributed by atoms with E-state index in [0.717, 1.165) is 11.3 Å². The minimum absolute atomic E-state index is 0.178. The summed E-state index contributed by atoms with van der Waals surface area (Å²) in [4.78, 5) is 23.6. The van der Waals surface area contributed by atoms with Crippen molar-refractivity contribution >= 4 is 23.6 Å². The van der Waals surface area contributed by atoms with E-state index in [1.165, 1.54) is 5.56 Å². The number of rotatable bonds is 9. The summed E-state index contributed by atoms with van der Waals surface area (Å²) in [7, 11) is 0. The van der Waals surface area contributed by atoms with Crippen molar-refractivity contribution in [3.05, 3.63) is 71.8 Å². The summed E-state index contributed by atoms with van der Waals surface area (Å²) >= 11 is 1.58. The zero-order chi connectivity index (χ0) is 17.9. The van der Waals surface area contributed by atoms with Crippen molar-refractivity contribution in [2.24, 2.45) is 5.73 Å². The molecule has 0 aromatic heterocycles. The second kappa shape index (κ2) is 10.5. The number of benzene rings is 2. The molecule has 0 aliphatic rings. The molecule has 3 N–H and O–H groups in total. The number of esters is 1. The molecule has 5 nitrogen and oxygen atoms in total. The molecule has 0 unspecified atom stereocenters. The number of hydrogen-bond donors (Lipinski definition) is 2. The van der Waals surface area contributed by atoms with Gasteiger partial charge in [-0.05, 0) is 11.1 Å². The Hall–Kier alpha value is -2.31. The number of hydrogen-bond acceptors (Lipinski definition) is 5. The number of carbonyl (C=O) groups excluding carboxylic acids is 2. The van der Waals surface area contributed by atoms with Crippen LogP contribution in [-0.4, -0.2) is 30.2 Å². The highest BCUT2D eigenvalue weighted by Gasteiger charge is 2.15. The highest BCUT2D eigenvalue weighted by molar-refractivity contribution is 7.98. The summed E-state index contributed by atoms with van der Waals surface area (Å²) in [6.07, 6.45) is 0. The third-order valence-corrected chi connectivity index (χ3v) is 4.53. The van der Waals surface area contributed by atoms with E-state index in [2.05, 4.69) is 5.32 Å². The Morgan fingerprint density at radius 2 is 1.60 bits per heavy atom. The summed E-state index contributed by atoms with van der Waals surface area (Å²) in [5.41, 5.74) is 7.93. The van der Waals surface area contributed by atoms with E-state index in [4.69, 9.17) is 10.5 Å². The fraction of sp³-hybridized carbons (Fsp3) is 0.263. The van der Waals surface area contributed by atoms with Gasteiger partial charge in [-0.25, -0.2) is 0 Å². The number of nitrogens with two attached hydrogens (primary N) is 1. The lowest BCUT2D eigenvalue weighted by molar-refractivity contribution is -0.145. The van der Waals surface area contributed by atoms with E-state index in [1.807, 2.05) is 60.7 Å². The molecule has 132 valence electrons. The lowest BCUT2D eigenvalue weighted by Gasteiger charge is -2.12. The molecule has 25 heavy (non-hydrogen) atoms. The van der Waals surface area contributed by atoms with Crippen LogP contribution in [0.25, 0.3) is 0 Å². The minimum atomic E-state index is -0.657. The number of nitrogens with one attached hydrogen (secondary N) is 1. The van der Waals surface area contributed by atoms with Crippen LogP contribution in [0.5, 0.6) is 0 Å². The van der Waals surface area contributed by atoms with E-state index in [1.54, 1.807) is 11.8 Å². The molecule has 0 heterocycles. The Morgan fingerprint density at radius 1 is 1.00 bits per heavy atom. The minimum Gasteiger partial charge on any atom is -0.460 e. The number of thioether (sulfide) groups is 1. The van der Waals surface area contributed by atoms with Gasteiger partial charge in [-0.1, -0.05) is 60.7 Å². The van der Waals surface area contributed by atoms with Gasteiger partial charge in [-0.15, -0.1) is 0 Å². The maximum atomic E-state index is 11.9. The lowest BCUT2D eigenvalue weighted by Crippen LogP contribution is -2.44. The summed E-state index contributed by atoms with van der Waals surface area (Å²) in [5, 5.41) is 2.52. The fourth-order valence-corrected chi connectivity index (χ4v) is 2.98. The third kappa shape index (κ3) is 7.41. The van der Waals surface area contributed by atoms with E-state index < -0.39 is 12.0 Å². The maximum absolute atomic E-state index is 11.9. The molecule has 1 atom stereocenters. The van der Waals surface area contributed by atoms with Gasteiger partial charge in [0.05, 0.1) is 6.04 Å². The van der Waals surface area contributed by atoms with Crippen LogP contribution in [0.3, 0.4) is 0 Å². The Balaban J connectivity index is 1.61. The second-order valence-corrected chi connectivity index (χ2v) is 6.50. The zero-order valence-electron chi connectivity index (χ0n) is 13.9. The summed E-state index contributed by atoms with van der Waals surface area (Å²) in [6.45, 7) is 0.0112. The van der Waals surface area contributed by atoms with Crippen molar-refractivity contribution in [1.82, 2.24) is 5.32 Å². The SMILES string of the molecule is N[C@@H](CSCc1ccccc1)C(=O)N[13CH2][13C](=O)OCc1ccccc1. The van der Waals surface area contributed by atoms with Crippen LogP contribution in [0, 0.1) is 0 Å². The largest absolute Gasteiger partial charge is 0.460 e. The van der Waals surface area contributed by atoms with Gasteiger partial charge in [0.25, 0.3) is 0 Å². The van der Waals surface area contributed by atoms with Gasteiger partial charge in [0.1, 0.15) is 13.2 Å². The van der Waals surface area contributed by atoms with Crippen LogP contribution in [0.4, 0.5) is 0 Å².